The van der Waals surface area contributed by atoms with Crippen LogP contribution in [0.1, 0.15) is 9.60 Å². The smallest absolute Gasteiger partial charge is 0.423 e. The summed E-state index contributed by atoms with van der Waals surface area (Å²) in [5, 5.41) is 18.3. The standard InChI is InChI=1S/C16H13BO2/c18-17(19)14-10-8-13(9-11-14)16-7-3-5-12-4-1-2-6-15(12)16/h1-11,18-19H/i1D,2D,3D,4D,5D,6D,7D. The number of hydrogen-bond donors (Lipinski definition) is 2. The molecule has 3 aromatic carbocycles. The van der Waals surface area contributed by atoms with Gasteiger partial charge in [0, 0.05) is 0 Å². The molecule has 0 atom stereocenters. The van der Waals surface area contributed by atoms with Crippen molar-refractivity contribution in [3.63, 3.8) is 0 Å². The van der Waals surface area contributed by atoms with Gasteiger partial charge in [-0.1, -0.05) is 66.6 Å². The highest BCUT2D eigenvalue weighted by Gasteiger charge is 2.10. The minimum Gasteiger partial charge on any atom is -0.423 e. The SMILES string of the molecule is [2H]c1c([2H])c([2H])c2c(-c3ccc(B(O)O)cc3)c([2H])c([2H])c([2H])c2c1[2H]. The van der Waals surface area contributed by atoms with Gasteiger partial charge in [0.1, 0.15) is 0 Å². The molecule has 2 nitrogen and oxygen atoms in total. The maximum atomic E-state index is 9.20. The van der Waals surface area contributed by atoms with Crippen LogP contribution >= 0.6 is 0 Å². The molecule has 3 rings (SSSR count). The van der Waals surface area contributed by atoms with Gasteiger partial charge in [-0.2, -0.15) is 0 Å². The number of benzene rings is 3. The van der Waals surface area contributed by atoms with Crippen LogP contribution in [0.2, 0.25) is 0 Å². The van der Waals surface area contributed by atoms with Gasteiger partial charge in [0.05, 0.1) is 9.60 Å². The molecule has 3 heteroatoms. The van der Waals surface area contributed by atoms with Gasteiger partial charge in [-0.15, -0.1) is 0 Å². The summed E-state index contributed by atoms with van der Waals surface area (Å²) in [6.45, 7) is 0. The van der Waals surface area contributed by atoms with Gasteiger partial charge in [0.2, 0.25) is 0 Å². The highest BCUT2D eigenvalue weighted by molar-refractivity contribution is 6.58. The maximum absolute atomic E-state index is 9.20. The van der Waals surface area contributed by atoms with Crippen LogP contribution in [0.25, 0.3) is 21.9 Å². The van der Waals surface area contributed by atoms with Crippen molar-refractivity contribution < 1.29 is 19.6 Å². The monoisotopic (exact) mass is 255 g/mol. The van der Waals surface area contributed by atoms with Gasteiger partial charge in [-0.05, 0) is 27.4 Å². The lowest BCUT2D eigenvalue weighted by Gasteiger charge is -2.07. The predicted molar refractivity (Wildman–Crippen MR) is 79.2 cm³/mol. The maximum Gasteiger partial charge on any atom is 0.488 e. The summed E-state index contributed by atoms with van der Waals surface area (Å²) in [7, 11) is -1.67. The third-order valence-electron chi connectivity index (χ3n) is 2.81. The summed E-state index contributed by atoms with van der Waals surface area (Å²) in [6, 6.07) is 2.78. The Morgan fingerprint density at radius 2 is 1.53 bits per heavy atom. The molecule has 0 fully saturated rings. The first kappa shape index (κ1) is 6.37. The molecule has 0 aliphatic carbocycles. The fourth-order valence-electron chi connectivity index (χ4n) is 1.85. The molecule has 19 heavy (non-hydrogen) atoms. The lowest BCUT2D eigenvalue weighted by Crippen LogP contribution is -2.29. The van der Waals surface area contributed by atoms with Crippen LogP contribution in [0.15, 0.2) is 66.6 Å². The first-order valence-corrected chi connectivity index (χ1v) is 5.63. The zero-order chi connectivity index (χ0) is 19.3. The van der Waals surface area contributed by atoms with Gasteiger partial charge in [0.15, 0.2) is 0 Å². The van der Waals surface area contributed by atoms with Gasteiger partial charge < -0.3 is 10.0 Å². The molecule has 3 aromatic rings. The molecule has 0 aromatic heterocycles. The second-order valence-corrected chi connectivity index (χ2v) is 4.00. The van der Waals surface area contributed by atoms with Gasteiger partial charge in [-0.25, -0.2) is 0 Å². The normalized spacial score (nSPS) is 15.8. The molecule has 2 N–H and O–H groups in total. The molecular weight excluding hydrogens is 235 g/mol. The molecule has 92 valence electrons. The van der Waals surface area contributed by atoms with Crippen molar-refractivity contribution in [1.82, 2.24) is 0 Å². The van der Waals surface area contributed by atoms with E-state index >= 15 is 0 Å². The third kappa shape index (κ3) is 2.26. The van der Waals surface area contributed by atoms with Crippen LogP contribution < -0.4 is 5.46 Å². The summed E-state index contributed by atoms with van der Waals surface area (Å²) in [5.41, 5.74) is 0.699. The van der Waals surface area contributed by atoms with E-state index in [0.717, 1.165) is 0 Å². The van der Waals surface area contributed by atoms with Crippen LogP contribution in [0, 0.1) is 0 Å². The quantitative estimate of drug-likeness (QED) is 0.689. The molecular formula is C16H13BO2. The van der Waals surface area contributed by atoms with E-state index in [0.29, 0.717) is 5.56 Å². The average Bonchev–Trinajstić information content (AvgIpc) is 2.62. The zero-order valence-corrected chi connectivity index (χ0v) is 9.78. The van der Waals surface area contributed by atoms with Crippen molar-refractivity contribution >= 4 is 23.4 Å². The van der Waals surface area contributed by atoms with E-state index < -0.39 is 37.3 Å². The van der Waals surface area contributed by atoms with Crippen molar-refractivity contribution in [2.75, 3.05) is 0 Å². The van der Waals surface area contributed by atoms with Crippen LogP contribution in [-0.4, -0.2) is 17.2 Å². The molecule has 0 heterocycles. The van der Waals surface area contributed by atoms with E-state index in [4.69, 9.17) is 9.60 Å². The van der Waals surface area contributed by atoms with Crippen molar-refractivity contribution in [3.8, 4) is 11.1 Å². The zero-order valence-electron chi connectivity index (χ0n) is 16.8. The molecule has 0 saturated heterocycles. The van der Waals surface area contributed by atoms with Crippen LogP contribution in [0.3, 0.4) is 0 Å². The van der Waals surface area contributed by atoms with Crippen LogP contribution in [0.5, 0.6) is 0 Å². The van der Waals surface area contributed by atoms with E-state index in [-0.39, 0.29) is 33.9 Å². The van der Waals surface area contributed by atoms with Gasteiger partial charge in [0.25, 0.3) is 0 Å². The topological polar surface area (TPSA) is 40.5 Å². The Morgan fingerprint density at radius 3 is 2.26 bits per heavy atom. The Labute approximate surface area is 121 Å². The number of rotatable bonds is 2. The molecule has 0 aliphatic rings. The van der Waals surface area contributed by atoms with E-state index in [1.165, 1.54) is 24.3 Å². The fourth-order valence-corrected chi connectivity index (χ4v) is 1.85. The first-order valence-electron chi connectivity index (χ1n) is 9.13. The van der Waals surface area contributed by atoms with Crippen LogP contribution in [0.4, 0.5) is 0 Å². The fraction of sp³-hybridized carbons (Fsp3) is 0. The minimum atomic E-state index is -1.67. The second-order valence-electron chi connectivity index (χ2n) is 4.00. The molecule has 0 bridgehead atoms. The third-order valence-corrected chi connectivity index (χ3v) is 2.81. The van der Waals surface area contributed by atoms with Gasteiger partial charge >= 0.3 is 7.12 Å². The van der Waals surface area contributed by atoms with Crippen molar-refractivity contribution in [3.05, 3.63) is 66.6 Å². The van der Waals surface area contributed by atoms with E-state index in [1.807, 2.05) is 0 Å². The Hall–Kier alpha value is -2.10. The summed E-state index contributed by atoms with van der Waals surface area (Å²) < 4.78 is 56.2. The highest BCUT2D eigenvalue weighted by Crippen LogP contribution is 2.27. The molecule has 0 radical (unpaired) electrons. The van der Waals surface area contributed by atoms with Gasteiger partial charge in [-0.3, -0.25) is 0 Å². The van der Waals surface area contributed by atoms with E-state index in [2.05, 4.69) is 0 Å². The van der Waals surface area contributed by atoms with E-state index in [9.17, 15) is 10.0 Å². The second kappa shape index (κ2) is 4.88. The predicted octanol–water partition coefficient (Wildman–Crippen LogP) is 2.19. The summed E-state index contributed by atoms with van der Waals surface area (Å²) in [6.07, 6.45) is 0. The summed E-state index contributed by atoms with van der Waals surface area (Å²) >= 11 is 0. The Kier molecular flexibility index (Phi) is 1.64. The Balaban J connectivity index is 2.49. The number of hydrogen-bond acceptors (Lipinski definition) is 2. The van der Waals surface area contributed by atoms with E-state index in [1.54, 1.807) is 0 Å². The largest absolute Gasteiger partial charge is 0.488 e. The van der Waals surface area contributed by atoms with Crippen molar-refractivity contribution in [2.24, 2.45) is 0 Å². The lowest BCUT2D eigenvalue weighted by atomic mass is 9.79. The summed E-state index contributed by atoms with van der Waals surface area (Å²) in [4.78, 5) is 0. The molecule has 0 aliphatic heterocycles. The summed E-state index contributed by atoms with van der Waals surface area (Å²) in [5.74, 6) is 0. The van der Waals surface area contributed by atoms with Crippen molar-refractivity contribution in [2.45, 2.75) is 0 Å². The van der Waals surface area contributed by atoms with Crippen molar-refractivity contribution in [1.29, 1.82) is 0 Å². The molecule has 0 saturated carbocycles. The highest BCUT2D eigenvalue weighted by atomic mass is 16.4. The Morgan fingerprint density at radius 1 is 0.842 bits per heavy atom. The molecule has 0 unspecified atom stereocenters. The molecule has 0 amide bonds. The average molecular weight is 255 g/mol. The Bertz CT molecular complexity index is 1030. The van der Waals surface area contributed by atoms with Crippen LogP contribution in [-0.2, 0) is 0 Å². The lowest BCUT2D eigenvalue weighted by molar-refractivity contribution is 0.426. The first-order chi connectivity index (χ1) is 12.2. The minimum absolute atomic E-state index is 0.000651. The molecule has 0 spiro atoms. The number of fused-ring (bicyclic) bond motifs is 1.